The summed E-state index contributed by atoms with van der Waals surface area (Å²) in [7, 11) is 0. The van der Waals surface area contributed by atoms with Gasteiger partial charge in [0.15, 0.2) is 0 Å². The lowest BCUT2D eigenvalue weighted by Gasteiger charge is -2.24. The van der Waals surface area contributed by atoms with Crippen LogP contribution in [0.2, 0.25) is 0 Å². The third kappa shape index (κ3) is 42.1. The molecule has 3 unspecified atom stereocenters. The number of rotatable bonds is 44. The van der Waals surface area contributed by atoms with Crippen molar-refractivity contribution < 1.29 is 24.5 Å². The van der Waals surface area contributed by atoms with Crippen molar-refractivity contribution in [2.45, 2.75) is 257 Å². The normalized spacial score (nSPS) is 13.8. The van der Waals surface area contributed by atoms with E-state index >= 15 is 0 Å². The standard InChI is InChI=1S/C53H95NO5/c1-4-7-10-13-16-19-21-23-25-26-28-29-31-33-36-39-42-45-51(56)50(48-55)54-52(57)47-49(44-41-38-35-18-15-12-9-6-3)59-53(58)46-43-40-37-34-32-30-27-24-22-20-17-14-11-8-5-2/h8,11,14,17,20,22,24,27,30,32,49-51,55-56H,4-7,9-10,12-13,15-16,18-19,21,23,25-26,28-29,31,33-48H2,1-3H3,(H,54,57)/b11-8+,17-14+,22-20-,27-24-,32-30+. The van der Waals surface area contributed by atoms with Gasteiger partial charge in [-0.05, 0) is 44.9 Å². The number of nitrogens with one attached hydrogen (secondary N) is 1. The van der Waals surface area contributed by atoms with Crippen LogP contribution in [-0.2, 0) is 14.3 Å². The van der Waals surface area contributed by atoms with Gasteiger partial charge in [-0.3, -0.25) is 9.59 Å². The third-order valence-corrected chi connectivity index (χ3v) is 11.2. The van der Waals surface area contributed by atoms with Crippen molar-refractivity contribution in [3.05, 3.63) is 60.8 Å². The molecule has 6 heteroatoms. The Morgan fingerprint density at radius 2 is 0.915 bits per heavy atom. The van der Waals surface area contributed by atoms with E-state index in [9.17, 15) is 19.8 Å². The fourth-order valence-corrected chi connectivity index (χ4v) is 7.45. The van der Waals surface area contributed by atoms with Crippen LogP contribution in [0.1, 0.15) is 239 Å². The van der Waals surface area contributed by atoms with E-state index in [0.29, 0.717) is 19.3 Å². The maximum absolute atomic E-state index is 13.1. The Kier molecular flexibility index (Phi) is 44.7. The van der Waals surface area contributed by atoms with E-state index in [1.807, 2.05) is 42.5 Å². The monoisotopic (exact) mass is 826 g/mol. The van der Waals surface area contributed by atoms with Crippen molar-refractivity contribution in [2.75, 3.05) is 6.61 Å². The van der Waals surface area contributed by atoms with Gasteiger partial charge in [0.1, 0.15) is 6.10 Å². The molecular weight excluding hydrogens is 731 g/mol. The molecule has 59 heavy (non-hydrogen) atoms. The zero-order valence-corrected chi connectivity index (χ0v) is 38.9. The first-order chi connectivity index (χ1) is 29.0. The molecule has 0 rings (SSSR count). The average Bonchev–Trinajstić information content (AvgIpc) is 3.23. The molecule has 1 amide bonds. The highest BCUT2D eigenvalue weighted by molar-refractivity contribution is 5.77. The maximum atomic E-state index is 13.1. The molecule has 0 saturated heterocycles. The average molecular weight is 826 g/mol. The molecule has 0 spiro atoms. The summed E-state index contributed by atoms with van der Waals surface area (Å²) in [6.07, 6.45) is 57.2. The molecule has 0 saturated carbocycles. The Bertz CT molecular complexity index is 1060. The number of carbonyl (C=O) groups is 2. The van der Waals surface area contributed by atoms with E-state index in [4.69, 9.17) is 4.74 Å². The van der Waals surface area contributed by atoms with E-state index in [2.05, 4.69) is 44.3 Å². The summed E-state index contributed by atoms with van der Waals surface area (Å²) >= 11 is 0. The molecule has 3 N–H and O–H groups in total. The lowest BCUT2D eigenvalue weighted by molar-refractivity contribution is -0.151. The number of allylic oxidation sites excluding steroid dienone is 10. The Balaban J connectivity index is 4.46. The quantitative estimate of drug-likeness (QED) is 0.0323. The largest absolute Gasteiger partial charge is 0.462 e. The smallest absolute Gasteiger partial charge is 0.306 e. The summed E-state index contributed by atoms with van der Waals surface area (Å²) < 4.78 is 5.88. The first-order valence-corrected chi connectivity index (χ1v) is 25.1. The number of esters is 1. The van der Waals surface area contributed by atoms with E-state index in [-0.39, 0.29) is 24.9 Å². The second kappa shape index (κ2) is 46.6. The van der Waals surface area contributed by atoms with Gasteiger partial charge in [0.2, 0.25) is 5.91 Å². The van der Waals surface area contributed by atoms with Crippen LogP contribution in [-0.4, -0.2) is 46.9 Å². The van der Waals surface area contributed by atoms with Crippen LogP contribution in [0.4, 0.5) is 0 Å². The summed E-state index contributed by atoms with van der Waals surface area (Å²) in [5.74, 6) is -0.524. The molecule has 0 aromatic rings. The molecule has 0 aliphatic carbocycles. The summed E-state index contributed by atoms with van der Waals surface area (Å²) in [5.41, 5.74) is 0. The van der Waals surface area contributed by atoms with E-state index in [1.54, 1.807) is 0 Å². The zero-order valence-electron chi connectivity index (χ0n) is 38.9. The lowest BCUT2D eigenvalue weighted by Crippen LogP contribution is -2.46. The van der Waals surface area contributed by atoms with Gasteiger partial charge in [-0.1, -0.05) is 242 Å². The molecule has 0 heterocycles. The number of amides is 1. The Hall–Kier alpha value is -2.44. The minimum Gasteiger partial charge on any atom is -0.462 e. The van der Waals surface area contributed by atoms with Gasteiger partial charge in [-0.25, -0.2) is 0 Å². The molecule has 0 aromatic carbocycles. The number of hydrogen-bond acceptors (Lipinski definition) is 5. The number of aliphatic hydroxyl groups is 2. The first kappa shape index (κ1) is 56.6. The van der Waals surface area contributed by atoms with Crippen LogP contribution in [0.25, 0.3) is 0 Å². The summed E-state index contributed by atoms with van der Waals surface area (Å²) in [4.78, 5) is 26.0. The van der Waals surface area contributed by atoms with Gasteiger partial charge in [-0.2, -0.15) is 0 Å². The van der Waals surface area contributed by atoms with Crippen molar-refractivity contribution in [1.82, 2.24) is 5.32 Å². The molecule has 0 radical (unpaired) electrons. The van der Waals surface area contributed by atoms with E-state index in [1.165, 1.54) is 122 Å². The fourth-order valence-electron chi connectivity index (χ4n) is 7.45. The molecule has 0 aliphatic heterocycles. The van der Waals surface area contributed by atoms with Gasteiger partial charge in [0, 0.05) is 6.42 Å². The predicted molar refractivity (Wildman–Crippen MR) is 255 cm³/mol. The second-order valence-electron chi connectivity index (χ2n) is 17.0. The number of hydrogen-bond donors (Lipinski definition) is 3. The minimum atomic E-state index is -0.794. The van der Waals surface area contributed by atoms with Crippen molar-refractivity contribution in [3.63, 3.8) is 0 Å². The summed E-state index contributed by atoms with van der Waals surface area (Å²) in [5, 5.41) is 23.7. The highest BCUT2D eigenvalue weighted by Gasteiger charge is 2.24. The van der Waals surface area contributed by atoms with E-state index < -0.39 is 18.2 Å². The van der Waals surface area contributed by atoms with Crippen molar-refractivity contribution in [3.8, 4) is 0 Å². The van der Waals surface area contributed by atoms with Crippen LogP contribution in [0.3, 0.4) is 0 Å². The summed E-state index contributed by atoms with van der Waals surface area (Å²) in [6, 6.07) is -0.709. The number of unbranched alkanes of at least 4 members (excludes halogenated alkanes) is 26. The third-order valence-electron chi connectivity index (χ3n) is 11.2. The van der Waals surface area contributed by atoms with Crippen LogP contribution < -0.4 is 5.32 Å². The highest BCUT2D eigenvalue weighted by Crippen LogP contribution is 2.18. The van der Waals surface area contributed by atoms with Crippen LogP contribution in [0.15, 0.2) is 60.8 Å². The number of ether oxygens (including phenoxy) is 1. The van der Waals surface area contributed by atoms with E-state index in [0.717, 1.165) is 70.6 Å². The van der Waals surface area contributed by atoms with Gasteiger partial charge in [0.05, 0.1) is 25.2 Å². The Morgan fingerprint density at radius 3 is 1.37 bits per heavy atom. The van der Waals surface area contributed by atoms with Gasteiger partial charge >= 0.3 is 5.97 Å². The Morgan fingerprint density at radius 1 is 0.508 bits per heavy atom. The summed E-state index contributed by atoms with van der Waals surface area (Å²) in [6.45, 7) is 6.31. The van der Waals surface area contributed by atoms with Crippen molar-refractivity contribution >= 4 is 11.9 Å². The molecule has 0 bridgehead atoms. The SMILES string of the molecule is CC/C=C/C=C/C=C\C=C/C=C/CCCCCC(=O)OC(CCCCCCCCCC)CC(=O)NC(CO)C(O)CCCCCCCCCCCCCCCCCCC. The molecule has 6 nitrogen and oxygen atoms in total. The molecular formula is C53H95NO5. The first-order valence-electron chi connectivity index (χ1n) is 25.1. The van der Waals surface area contributed by atoms with Crippen LogP contribution >= 0.6 is 0 Å². The zero-order chi connectivity index (χ0) is 43.1. The van der Waals surface area contributed by atoms with Gasteiger partial charge < -0.3 is 20.3 Å². The molecule has 342 valence electrons. The minimum absolute atomic E-state index is 0.0598. The predicted octanol–water partition coefficient (Wildman–Crippen LogP) is 14.8. The van der Waals surface area contributed by atoms with Crippen molar-refractivity contribution in [1.29, 1.82) is 0 Å². The topological polar surface area (TPSA) is 95.9 Å². The number of aliphatic hydroxyl groups excluding tert-OH is 2. The number of carbonyl (C=O) groups excluding carboxylic acids is 2. The van der Waals surface area contributed by atoms with Crippen LogP contribution in [0, 0.1) is 0 Å². The van der Waals surface area contributed by atoms with Crippen LogP contribution in [0.5, 0.6) is 0 Å². The van der Waals surface area contributed by atoms with Crippen molar-refractivity contribution in [2.24, 2.45) is 0 Å². The Labute approximate surface area is 365 Å². The van der Waals surface area contributed by atoms with Gasteiger partial charge in [0.25, 0.3) is 0 Å². The molecule has 0 aromatic heterocycles. The molecule has 3 atom stereocenters. The molecule has 0 fully saturated rings. The second-order valence-corrected chi connectivity index (χ2v) is 17.0. The lowest BCUT2D eigenvalue weighted by atomic mass is 10.0. The molecule has 0 aliphatic rings. The maximum Gasteiger partial charge on any atom is 0.306 e. The fraction of sp³-hybridized carbons (Fsp3) is 0.774. The van der Waals surface area contributed by atoms with Gasteiger partial charge in [-0.15, -0.1) is 0 Å². The highest BCUT2D eigenvalue weighted by atomic mass is 16.5.